The van der Waals surface area contributed by atoms with Crippen molar-refractivity contribution in [2.45, 2.75) is 39.7 Å². The summed E-state index contributed by atoms with van der Waals surface area (Å²) in [5, 5.41) is 10.0. The van der Waals surface area contributed by atoms with E-state index in [1.165, 1.54) is 5.56 Å². The Morgan fingerprint density at radius 2 is 1.89 bits per heavy atom. The molecule has 3 nitrogen and oxygen atoms in total. The molecular weight excluding hydrogens is 248 g/mol. The zero-order valence-electron chi connectivity index (χ0n) is 11.3. The van der Waals surface area contributed by atoms with Gasteiger partial charge in [-0.15, -0.1) is 0 Å². The van der Waals surface area contributed by atoms with Gasteiger partial charge in [-0.2, -0.15) is 0 Å². The van der Waals surface area contributed by atoms with Crippen LogP contribution in [0.5, 0.6) is 0 Å². The summed E-state index contributed by atoms with van der Waals surface area (Å²) in [4.78, 5) is 0. The number of rotatable bonds is 6. The molecule has 0 aliphatic heterocycles. The zero-order valence-corrected chi connectivity index (χ0v) is 12.1. The van der Waals surface area contributed by atoms with Crippen LogP contribution in [0.1, 0.15) is 42.6 Å². The van der Waals surface area contributed by atoms with Crippen LogP contribution in [0.4, 0.5) is 0 Å². The highest BCUT2D eigenvalue weighted by Crippen LogP contribution is 2.21. The van der Waals surface area contributed by atoms with Gasteiger partial charge < -0.3 is 5.11 Å². The molecule has 0 bridgehead atoms. The lowest BCUT2D eigenvalue weighted by molar-refractivity contribution is 0.166. The molecule has 0 saturated heterocycles. The maximum Gasteiger partial charge on any atom is 0.150 e. The summed E-state index contributed by atoms with van der Waals surface area (Å²) >= 11 is 0. The van der Waals surface area contributed by atoms with E-state index < -0.39 is 15.9 Å². The highest BCUT2D eigenvalue weighted by Gasteiger charge is 2.12. The maximum absolute atomic E-state index is 11.3. The highest BCUT2D eigenvalue weighted by atomic mass is 32.2. The van der Waals surface area contributed by atoms with Gasteiger partial charge in [-0.1, -0.05) is 25.1 Å². The number of aliphatic hydroxyl groups is 1. The van der Waals surface area contributed by atoms with Crippen molar-refractivity contribution in [1.82, 2.24) is 0 Å². The lowest BCUT2D eigenvalue weighted by Gasteiger charge is -2.12. The number of hydrogen-bond donors (Lipinski definition) is 1. The molecule has 1 aromatic carbocycles. The summed E-state index contributed by atoms with van der Waals surface area (Å²) in [5.74, 6) is 0.331. The van der Waals surface area contributed by atoms with E-state index in [4.69, 9.17) is 0 Å². The second-order valence-electron chi connectivity index (χ2n) is 4.74. The highest BCUT2D eigenvalue weighted by molar-refractivity contribution is 7.91. The van der Waals surface area contributed by atoms with E-state index in [0.29, 0.717) is 12.8 Å². The molecule has 0 aliphatic carbocycles. The van der Waals surface area contributed by atoms with Crippen LogP contribution in [-0.2, 0) is 9.84 Å². The third kappa shape index (κ3) is 4.42. The van der Waals surface area contributed by atoms with Crippen molar-refractivity contribution >= 4 is 9.84 Å². The number of benzene rings is 1. The quantitative estimate of drug-likeness (QED) is 0.864. The van der Waals surface area contributed by atoms with Gasteiger partial charge in [-0.05, 0) is 43.4 Å². The number of hydrogen-bond acceptors (Lipinski definition) is 3. The Bertz CT molecular complexity index is 492. The minimum Gasteiger partial charge on any atom is -0.388 e. The molecule has 18 heavy (non-hydrogen) atoms. The average molecular weight is 270 g/mol. The van der Waals surface area contributed by atoms with Gasteiger partial charge in [0.25, 0.3) is 0 Å². The molecule has 0 radical (unpaired) electrons. The van der Waals surface area contributed by atoms with Crippen LogP contribution in [0, 0.1) is 13.8 Å². The lowest BCUT2D eigenvalue weighted by Crippen LogP contribution is -2.10. The van der Waals surface area contributed by atoms with Crippen molar-refractivity contribution in [3.8, 4) is 0 Å². The topological polar surface area (TPSA) is 54.4 Å². The predicted octanol–water partition coefficient (Wildman–Crippen LogP) is 2.55. The van der Waals surface area contributed by atoms with Gasteiger partial charge in [0, 0.05) is 5.75 Å². The third-order valence-corrected chi connectivity index (χ3v) is 5.08. The summed E-state index contributed by atoms with van der Waals surface area (Å²) in [7, 11) is -2.92. The molecule has 1 atom stereocenters. The second kappa shape index (κ2) is 6.34. The molecule has 1 rings (SSSR count). The molecule has 0 heterocycles. The fraction of sp³-hybridized carbons (Fsp3) is 0.571. The van der Waals surface area contributed by atoms with E-state index in [1.807, 2.05) is 32.0 Å². The number of sulfone groups is 1. The third-order valence-electron chi connectivity index (χ3n) is 3.29. The molecule has 102 valence electrons. The first-order valence-electron chi connectivity index (χ1n) is 6.31. The van der Waals surface area contributed by atoms with Crippen molar-refractivity contribution in [2.24, 2.45) is 0 Å². The summed E-state index contributed by atoms with van der Waals surface area (Å²) in [6.45, 7) is 5.68. The van der Waals surface area contributed by atoms with E-state index in [-0.39, 0.29) is 11.5 Å². The van der Waals surface area contributed by atoms with E-state index >= 15 is 0 Å². The molecule has 0 saturated carbocycles. The first kappa shape index (κ1) is 15.2. The SMILES string of the molecule is CCS(=O)(=O)CCCC(O)c1ccc(C)c(C)c1. The van der Waals surface area contributed by atoms with Crippen molar-refractivity contribution < 1.29 is 13.5 Å². The minimum atomic E-state index is -2.92. The molecular formula is C14H22O3S. The Morgan fingerprint density at radius 3 is 2.44 bits per heavy atom. The largest absolute Gasteiger partial charge is 0.388 e. The van der Waals surface area contributed by atoms with Crippen molar-refractivity contribution in [3.63, 3.8) is 0 Å². The lowest BCUT2D eigenvalue weighted by atomic mass is 10.0. The predicted molar refractivity (Wildman–Crippen MR) is 74.4 cm³/mol. The summed E-state index contributed by atoms with van der Waals surface area (Å²) in [6.07, 6.45) is 0.419. The molecule has 0 aliphatic rings. The van der Waals surface area contributed by atoms with Crippen LogP contribution in [0.15, 0.2) is 18.2 Å². The van der Waals surface area contributed by atoms with Crippen molar-refractivity contribution in [1.29, 1.82) is 0 Å². The van der Waals surface area contributed by atoms with Gasteiger partial charge in [0.2, 0.25) is 0 Å². The Hall–Kier alpha value is -0.870. The van der Waals surface area contributed by atoms with E-state index in [9.17, 15) is 13.5 Å². The standard InChI is InChI=1S/C14H22O3S/c1-4-18(16,17)9-5-6-14(15)13-8-7-11(2)12(3)10-13/h7-8,10,14-15H,4-6,9H2,1-3H3. The zero-order chi connectivity index (χ0) is 13.8. The first-order valence-corrected chi connectivity index (χ1v) is 8.13. The maximum atomic E-state index is 11.3. The summed E-state index contributed by atoms with van der Waals surface area (Å²) in [5.41, 5.74) is 3.21. The second-order valence-corrected chi connectivity index (χ2v) is 7.21. The van der Waals surface area contributed by atoms with Crippen LogP contribution in [0.3, 0.4) is 0 Å². The Balaban J connectivity index is 2.55. The molecule has 0 aromatic heterocycles. The van der Waals surface area contributed by atoms with E-state index in [1.54, 1.807) is 6.92 Å². The van der Waals surface area contributed by atoms with Gasteiger partial charge >= 0.3 is 0 Å². The molecule has 1 aromatic rings. The summed E-state index contributed by atoms with van der Waals surface area (Å²) < 4.78 is 22.7. The smallest absolute Gasteiger partial charge is 0.150 e. The van der Waals surface area contributed by atoms with Gasteiger partial charge in [-0.3, -0.25) is 0 Å². The molecule has 0 amide bonds. The van der Waals surface area contributed by atoms with Crippen LogP contribution in [0.2, 0.25) is 0 Å². The van der Waals surface area contributed by atoms with Crippen LogP contribution in [-0.4, -0.2) is 25.0 Å². The Kier molecular flexibility index (Phi) is 5.35. The normalized spacial score (nSPS) is 13.6. The number of aliphatic hydroxyl groups excluding tert-OH is 1. The Morgan fingerprint density at radius 1 is 1.22 bits per heavy atom. The minimum absolute atomic E-state index is 0.158. The Labute approximate surface area is 110 Å². The van der Waals surface area contributed by atoms with Crippen LogP contribution in [0.25, 0.3) is 0 Å². The molecule has 0 fully saturated rings. The molecule has 1 N–H and O–H groups in total. The average Bonchev–Trinajstić information content (AvgIpc) is 2.32. The number of aryl methyl sites for hydroxylation is 2. The molecule has 0 spiro atoms. The monoisotopic (exact) mass is 270 g/mol. The summed E-state index contributed by atoms with van der Waals surface area (Å²) in [6, 6.07) is 5.85. The molecule has 1 unspecified atom stereocenters. The molecule has 4 heteroatoms. The fourth-order valence-corrected chi connectivity index (χ4v) is 2.67. The van der Waals surface area contributed by atoms with Crippen molar-refractivity contribution in [2.75, 3.05) is 11.5 Å². The fourth-order valence-electron chi connectivity index (χ4n) is 1.78. The first-order chi connectivity index (χ1) is 8.35. The van der Waals surface area contributed by atoms with Crippen LogP contribution >= 0.6 is 0 Å². The van der Waals surface area contributed by atoms with Gasteiger partial charge in [0.15, 0.2) is 0 Å². The van der Waals surface area contributed by atoms with Crippen molar-refractivity contribution in [3.05, 3.63) is 34.9 Å². The van der Waals surface area contributed by atoms with Gasteiger partial charge in [0.1, 0.15) is 9.84 Å². The van der Waals surface area contributed by atoms with Crippen LogP contribution < -0.4 is 0 Å². The van der Waals surface area contributed by atoms with Gasteiger partial charge in [-0.25, -0.2) is 8.42 Å². The van der Waals surface area contributed by atoms with E-state index in [2.05, 4.69) is 0 Å². The van der Waals surface area contributed by atoms with Gasteiger partial charge in [0.05, 0.1) is 11.9 Å². The van der Waals surface area contributed by atoms with E-state index in [0.717, 1.165) is 11.1 Å².